The van der Waals surface area contributed by atoms with Gasteiger partial charge in [-0.1, -0.05) is 12.8 Å². The van der Waals surface area contributed by atoms with Crippen molar-refractivity contribution in [2.75, 3.05) is 26.2 Å². The Bertz CT molecular complexity index is 913. The van der Waals surface area contributed by atoms with Gasteiger partial charge in [-0.25, -0.2) is 4.98 Å². The zero-order chi connectivity index (χ0) is 20.4. The van der Waals surface area contributed by atoms with Crippen LogP contribution < -0.4 is 0 Å². The Morgan fingerprint density at radius 2 is 1.76 bits per heavy atom. The number of carbonyl (C=O) groups is 2. The molecule has 9 nitrogen and oxygen atoms in total. The van der Waals surface area contributed by atoms with E-state index in [-0.39, 0.29) is 29.0 Å². The largest absolute Gasteiger partial charge is 0.339 e. The normalized spacial score (nSPS) is 17.5. The molecular weight excluding hydrogens is 374 g/mol. The lowest BCUT2D eigenvalue weighted by atomic mass is 10.1. The highest BCUT2D eigenvalue weighted by atomic mass is 16.6. The van der Waals surface area contributed by atoms with Gasteiger partial charge in [0, 0.05) is 56.1 Å². The molecule has 0 spiro atoms. The molecule has 2 fully saturated rings. The molecule has 2 aliphatic rings. The predicted octanol–water partition coefficient (Wildman–Crippen LogP) is 2.26. The van der Waals surface area contributed by atoms with E-state index >= 15 is 0 Å². The van der Waals surface area contributed by atoms with E-state index < -0.39 is 4.92 Å². The van der Waals surface area contributed by atoms with Crippen LogP contribution in [0.3, 0.4) is 0 Å². The van der Waals surface area contributed by atoms with Crippen LogP contribution in [-0.2, 0) is 4.79 Å². The minimum absolute atomic E-state index is 0.135. The third-order valence-electron chi connectivity index (χ3n) is 5.78. The van der Waals surface area contributed by atoms with Crippen LogP contribution in [0.2, 0.25) is 0 Å². The van der Waals surface area contributed by atoms with Gasteiger partial charge < -0.3 is 14.4 Å². The fraction of sp³-hybridized carbons (Fsp3) is 0.450. The van der Waals surface area contributed by atoms with Crippen molar-refractivity contribution in [3.63, 3.8) is 0 Å². The first-order valence-electron chi connectivity index (χ1n) is 9.89. The zero-order valence-corrected chi connectivity index (χ0v) is 16.1. The molecule has 1 aromatic heterocycles. The maximum Gasteiger partial charge on any atom is 0.294 e. The monoisotopic (exact) mass is 397 g/mol. The number of imidazole rings is 1. The molecule has 152 valence electrons. The van der Waals surface area contributed by atoms with Crippen LogP contribution in [0.15, 0.2) is 36.9 Å². The Kier molecular flexibility index (Phi) is 5.28. The SMILES string of the molecule is O=C(c1ccc(-n2ccnc2)c([N+](=O)[O-])c1)N1CCN(C(=O)C2CCCC2)CC1. The maximum atomic E-state index is 12.9. The molecule has 0 bridgehead atoms. The van der Waals surface area contributed by atoms with Crippen LogP contribution in [0, 0.1) is 16.0 Å². The number of piperazine rings is 1. The number of carbonyl (C=O) groups excluding carboxylic acids is 2. The lowest BCUT2D eigenvalue weighted by molar-refractivity contribution is -0.384. The minimum atomic E-state index is -0.496. The quantitative estimate of drug-likeness (QED) is 0.582. The first kappa shape index (κ1) is 19.1. The molecule has 29 heavy (non-hydrogen) atoms. The molecule has 0 atom stereocenters. The summed E-state index contributed by atoms with van der Waals surface area (Å²) in [5.74, 6) is 0.0868. The van der Waals surface area contributed by atoms with Crippen LogP contribution in [0.4, 0.5) is 5.69 Å². The summed E-state index contributed by atoms with van der Waals surface area (Å²) in [5, 5.41) is 11.5. The van der Waals surface area contributed by atoms with E-state index in [1.165, 1.54) is 18.6 Å². The number of hydrogen-bond donors (Lipinski definition) is 0. The average molecular weight is 397 g/mol. The second-order valence-corrected chi connectivity index (χ2v) is 7.53. The van der Waals surface area contributed by atoms with Crippen molar-refractivity contribution in [1.82, 2.24) is 19.4 Å². The molecule has 1 aliphatic heterocycles. The average Bonchev–Trinajstić information content (AvgIpc) is 3.46. The van der Waals surface area contributed by atoms with Crippen LogP contribution in [0.25, 0.3) is 5.69 Å². The van der Waals surface area contributed by atoms with Gasteiger partial charge in [0.25, 0.3) is 11.6 Å². The summed E-state index contributed by atoms with van der Waals surface area (Å²) in [7, 11) is 0. The molecule has 0 unspecified atom stereocenters. The Balaban J connectivity index is 1.45. The van der Waals surface area contributed by atoms with Crippen molar-refractivity contribution in [2.24, 2.45) is 5.92 Å². The fourth-order valence-electron chi connectivity index (χ4n) is 4.17. The third-order valence-corrected chi connectivity index (χ3v) is 5.78. The Morgan fingerprint density at radius 3 is 2.38 bits per heavy atom. The second-order valence-electron chi connectivity index (χ2n) is 7.53. The van der Waals surface area contributed by atoms with Crippen molar-refractivity contribution in [2.45, 2.75) is 25.7 Å². The number of hydrogen-bond acceptors (Lipinski definition) is 5. The van der Waals surface area contributed by atoms with Gasteiger partial charge >= 0.3 is 0 Å². The number of aromatic nitrogens is 2. The van der Waals surface area contributed by atoms with E-state index in [0.29, 0.717) is 31.9 Å². The first-order valence-corrected chi connectivity index (χ1v) is 9.89. The van der Waals surface area contributed by atoms with E-state index in [1.807, 2.05) is 4.90 Å². The van der Waals surface area contributed by atoms with Gasteiger partial charge in [-0.3, -0.25) is 19.7 Å². The van der Waals surface area contributed by atoms with Gasteiger partial charge in [0.2, 0.25) is 5.91 Å². The van der Waals surface area contributed by atoms with E-state index in [9.17, 15) is 19.7 Å². The van der Waals surface area contributed by atoms with E-state index in [4.69, 9.17) is 0 Å². The maximum absolute atomic E-state index is 12.9. The molecule has 0 radical (unpaired) electrons. The third kappa shape index (κ3) is 3.85. The molecule has 2 aromatic rings. The summed E-state index contributed by atoms with van der Waals surface area (Å²) in [6.07, 6.45) is 8.78. The fourth-order valence-corrected chi connectivity index (χ4v) is 4.17. The van der Waals surface area contributed by atoms with Gasteiger partial charge in [0.05, 0.1) is 11.3 Å². The van der Waals surface area contributed by atoms with E-state index in [2.05, 4.69) is 4.98 Å². The van der Waals surface area contributed by atoms with E-state index in [1.54, 1.807) is 27.8 Å². The number of nitrogens with zero attached hydrogens (tertiary/aromatic N) is 5. The predicted molar refractivity (Wildman–Crippen MR) is 105 cm³/mol. The molecule has 2 heterocycles. The number of benzene rings is 1. The van der Waals surface area contributed by atoms with E-state index in [0.717, 1.165) is 25.7 Å². The standard InChI is InChI=1S/C20H23N5O4/c26-19(15-3-1-2-4-15)22-9-11-23(12-10-22)20(27)16-5-6-17(18(13-16)25(28)29)24-8-7-21-14-24/h5-8,13-15H,1-4,9-12H2. The summed E-state index contributed by atoms with van der Waals surface area (Å²) in [6.45, 7) is 1.90. The lowest BCUT2D eigenvalue weighted by Crippen LogP contribution is -2.51. The van der Waals surface area contributed by atoms with Crippen LogP contribution in [0.1, 0.15) is 36.0 Å². The first-order chi connectivity index (χ1) is 14.0. The summed E-state index contributed by atoms with van der Waals surface area (Å²) in [6, 6.07) is 4.47. The Morgan fingerprint density at radius 1 is 1.07 bits per heavy atom. The van der Waals surface area contributed by atoms with Crippen molar-refractivity contribution in [3.05, 3.63) is 52.6 Å². The second kappa shape index (κ2) is 8.02. The molecule has 1 aromatic carbocycles. The van der Waals surface area contributed by atoms with Gasteiger partial charge in [-0.05, 0) is 25.0 Å². The number of nitro benzene ring substituents is 1. The summed E-state index contributed by atoms with van der Waals surface area (Å²) < 4.78 is 1.54. The van der Waals surface area contributed by atoms with Crippen molar-refractivity contribution >= 4 is 17.5 Å². The molecule has 4 rings (SSSR count). The molecule has 2 amide bonds. The van der Waals surface area contributed by atoms with Crippen LogP contribution in [0.5, 0.6) is 0 Å². The zero-order valence-electron chi connectivity index (χ0n) is 16.1. The highest BCUT2D eigenvalue weighted by molar-refractivity contribution is 5.95. The van der Waals surface area contributed by atoms with Crippen molar-refractivity contribution in [1.29, 1.82) is 0 Å². The van der Waals surface area contributed by atoms with Gasteiger partial charge in [-0.15, -0.1) is 0 Å². The molecule has 0 N–H and O–H groups in total. The van der Waals surface area contributed by atoms with Gasteiger partial charge in [0.15, 0.2) is 0 Å². The number of rotatable bonds is 4. The lowest BCUT2D eigenvalue weighted by Gasteiger charge is -2.36. The van der Waals surface area contributed by atoms with Crippen LogP contribution in [-0.4, -0.2) is 62.3 Å². The van der Waals surface area contributed by atoms with Crippen LogP contribution >= 0.6 is 0 Å². The van der Waals surface area contributed by atoms with Gasteiger partial charge in [-0.2, -0.15) is 0 Å². The summed E-state index contributed by atoms with van der Waals surface area (Å²) >= 11 is 0. The van der Waals surface area contributed by atoms with Gasteiger partial charge in [0.1, 0.15) is 5.69 Å². The summed E-state index contributed by atoms with van der Waals surface area (Å²) in [4.78, 5) is 43.9. The molecular formula is C20H23N5O4. The highest BCUT2D eigenvalue weighted by Crippen LogP contribution is 2.28. The molecule has 1 saturated heterocycles. The van der Waals surface area contributed by atoms with Crippen molar-refractivity contribution < 1.29 is 14.5 Å². The topological polar surface area (TPSA) is 102 Å². The number of amides is 2. The number of nitro groups is 1. The van der Waals surface area contributed by atoms with Crippen molar-refractivity contribution in [3.8, 4) is 5.69 Å². The molecule has 1 aliphatic carbocycles. The minimum Gasteiger partial charge on any atom is -0.339 e. The molecule has 9 heteroatoms. The Labute approximate surface area is 168 Å². The summed E-state index contributed by atoms with van der Waals surface area (Å²) in [5.41, 5.74) is 0.482. The Hall–Kier alpha value is -3.23. The smallest absolute Gasteiger partial charge is 0.294 e. The highest BCUT2D eigenvalue weighted by Gasteiger charge is 2.31. The molecule has 1 saturated carbocycles.